The number of aromatic nitrogens is 1. The second-order valence-corrected chi connectivity index (χ2v) is 6.44. The molecule has 0 saturated carbocycles. The van der Waals surface area contributed by atoms with Crippen LogP contribution >= 0.6 is 11.3 Å². The minimum Gasteiger partial charge on any atom is -0.378 e. The Balaban J connectivity index is 1.91. The third-order valence-electron chi connectivity index (χ3n) is 3.57. The van der Waals surface area contributed by atoms with Crippen LogP contribution in [-0.2, 0) is 11.3 Å². The lowest BCUT2D eigenvalue weighted by Gasteiger charge is -2.35. The van der Waals surface area contributed by atoms with Crippen molar-refractivity contribution in [3.05, 3.63) is 15.6 Å². The number of hydrogen-bond acceptors (Lipinski definition) is 5. The molecule has 0 radical (unpaired) electrons. The first-order chi connectivity index (χ1) is 9.20. The van der Waals surface area contributed by atoms with Crippen LogP contribution in [0.25, 0.3) is 0 Å². The average Bonchev–Trinajstić information content (AvgIpc) is 2.71. The molecule has 1 aliphatic rings. The van der Waals surface area contributed by atoms with Gasteiger partial charge in [0.1, 0.15) is 5.01 Å². The molecule has 0 amide bonds. The molecule has 2 rings (SSSR count). The maximum Gasteiger partial charge on any atom is 0.107 e. The van der Waals surface area contributed by atoms with Crippen LogP contribution in [0.4, 0.5) is 0 Å². The van der Waals surface area contributed by atoms with E-state index < -0.39 is 0 Å². The zero-order chi connectivity index (χ0) is 13.7. The van der Waals surface area contributed by atoms with E-state index in [4.69, 9.17) is 4.74 Å². The molecule has 0 spiro atoms. The lowest BCUT2D eigenvalue weighted by atomic mass is 10.2. The molecule has 0 aliphatic carbocycles. The molecule has 5 heteroatoms. The third kappa shape index (κ3) is 4.24. The topological polar surface area (TPSA) is 37.4 Å². The fourth-order valence-corrected chi connectivity index (χ4v) is 3.27. The van der Waals surface area contributed by atoms with E-state index in [-0.39, 0.29) is 0 Å². The second kappa shape index (κ2) is 7.33. The summed E-state index contributed by atoms with van der Waals surface area (Å²) in [5, 5.41) is 4.73. The van der Waals surface area contributed by atoms with Gasteiger partial charge in [0, 0.05) is 24.0 Å². The van der Waals surface area contributed by atoms with Crippen molar-refractivity contribution in [3.63, 3.8) is 0 Å². The van der Waals surface area contributed by atoms with Crippen molar-refractivity contribution in [2.24, 2.45) is 0 Å². The fourth-order valence-electron chi connectivity index (χ4n) is 2.31. The Morgan fingerprint density at radius 1 is 1.47 bits per heavy atom. The van der Waals surface area contributed by atoms with Crippen molar-refractivity contribution in [1.29, 1.82) is 0 Å². The minimum absolute atomic E-state index is 0.477. The number of nitrogens with zero attached hydrogens (tertiary/aromatic N) is 2. The van der Waals surface area contributed by atoms with Crippen molar-refractivity contribution in [3.8, 4) is 0 Å². The summed E-state index contributed by atoms with van der Waals surface area (Å²) >= 11 is 1.82. The highest BCUT2D eigenvalue weighted by Crippen LogP contribution is 2.20. The monoisotopic (exact) mass is 283 g/mol. The van der Waals surface area contributed by atoms with Gasteiger partial charge in [-0.15, -0.1) is 11.3 Å². The Morgan fingerprint density at radius 3 is 3.00 bits per heavy atom. The second-order valence-electron chi connectivity index (χ2n) is 5.15. The number of thiazole rings is 1. The van der Waals surface area contributed by atoms with Crippen molar-refractivity contribution < 1.29 is 4.74 Å². The molecule has 0 aromatic carbocycles. The van der Waals surface area contributed by atoms with Gasteiger partial charge in [-0.25, -0.2) is 4.98 Å². The van der Waals surface area contributed by atoms with Crippen molar-refractivity contribution in [1.82, 2.24) is 15.2 Å². The van der Waals surface area contributed by atoms with Crippen molar-refractivity contribution in [2.75, 3.05) is 32.8 Å². The van der Waals surface area contributed by atoms with Crippen LogP contribution in [0.2, 0.25) is 0 Å². The van der Waals surface area contributed by atoms with Crippen LogP contribution < -0.4 is 5.32 Å². The Kier molecular flexibility index (Phi) is 5.76. The van der Waals surface area contributed by atoms with E-state index in [1.54, 1.807) is 0 Å². The lowest BCUT2D eigenvalue weighted by Crippen LogP contribution is -2.49. The van der Waals surface area contributed by atoms with Gasteiger partial charge in [0.05, 0.1) is 25.5 Å². The van der Waals surface area contributed by atoms with Crippen LogP contribution in [0.15, 0.2) is 0 Å². The van der Waals surface area contributed by atoms with Gasteiger partial charge in [0.2, 0.25) is 0 Å². The van der Waals surface area contributed by atoms with Crippen LogP contribution in [0, 0.1) is 13.8 Å². The van der Waals surface area contributed by atoms with E-state index in [1.807, 2.05) is 11.3 Å². The summed E-state index contributed by atoms with van der Waals surface area (Å²) in [5.74, 6) is 0. The SMILES string of the molecule is CCCNCC1COCCN1Cc1nc(C)c(C)s1. The Morgan fingerprint density at radius 2 is 2.32 bits per heavy atom. The first-order valence-electron chi connectivity index (χ1n) is 7.16. The van der Waals surface area contributed by atoms with Gasteiger partial charge in [-0.2, -0.15) is 0 Å². The van der Waals surface area contributed by atoms with Gasteiger partial charge < -0.3 is 10.1 Å². The molecule has 1 aromatic rings. The van der Waals surface area contributed by atoms with Crippen LogP contribution in [-0.4, -0.2) is 48.8 Å². The number of rotatable bonds is 6. The third-order valence-corrected chi connectivity index (χ3v) is 4.62. The average molecular weight is 283 g/mol. The summed E-state index contributed by atoms with van der Waals surface area (Å²) in [4.78, 5) is 8.49. The maximum atomic E-state index is 5.61. The largest absolute Gasteiger partial charge is 0.378 e. The highest BCUT2D eigenvalue weighted by molar-refractivity contribution is 7.11. The van der Waals surface area contributed by atoms with E-state index >= 15 is 0 Å². The Bertz CT molecular complexity index is 375. The Hall–Kier alpha value is -0.490. The summed E-state index contributed by atoms with van der Waals surface area (Å²) in [6.45, 7) is 12.2. The Labute approximate surface area is 120 Å². The quantitative estimate of drug-likeness (QED) is 0.810. The van der Waals surface area contributed by atoms with Gasteiger partial charge >= 0.3 is 0 Å². The predicted octanol–water partition coefficient (Wildman–Crippen LogP) is 1.96. The van der Waals surface area contributed by atoms with E-state index in [0.29, 0.717) is 6.04 Å². The van der Waals surface area contributed by atoms with E-state index in [9.17, 15) is 0 Å². The number of ether oxygens (including phenoxy) is 1. The summed E-state index contributed by atoms with van der Waals surface area (Å²) < 4.78 is 5.61. The van der Waals surface area contributed by atoms with Crippen molar-refractivity contribution in [2.45, 2.75) is 39.8 Å². The zero-order valence-electron chi connectivity index (χ0n) is 12.2. The van der Waals surface area contributed by atoms with E-state index in [1.165, 1.54) is 22.0 Å². The molecule has 108 valence electrons. The molecule has 1 aliphatic heterocycles. The van der Waals surface area contributed by atoms with E-state index in [2.05, 4.69) is 36.0 Å². The number of aryl methyl sites for hydroxylation is 2. The van der Waals surface area contributed by atoms with Crippen molar-refractivity contribution >= 4 is 11.3 Å². The van der Waals surface area contributed by atoms with Gasteiger partial charge in [0.25, 0.3) is 0 Å². The van der Waals surface area contributed by atoms with E-state index in [0.717, 1.165) is 39.4 Å². The summed E-state index contributed by atoms with van der Waals surface area (Å²) in [5.41, 5.74) is 1.17. The molecule has 4 nitrogen and oxygen atoms in total. The molecule has 1 unspecified atom stereocenters. The molecule has 19 heavy (non-hydrogen) atoms. The van der Waals surface area contributed by atoms with Gasteiger partial charge in [-0.3, -0.25) is 4.90 Å². The molecule has 2 heterocycles. The van der Waals surface area contributed by atoms with Gasteiger partial charge in [0.15, 0.2) is 0 Å². The molecule has 1 aromatic heterocycles. The summed E-state index contributed by atoms with van der Waals surface area (Å²) in [6.07, 6.45) is 1.18. The molecular formula is C14H25N3OS. The normalized spacial score (nSPS) is 20.9. The number of hydrogen-bond donors (Lipinski definition) is 1. The first-order valence-corrected chi connectivity index (χ1v) is 7.97. The molecule has 0 bridgehead atoms. The minimum atomic E-state index is 0.477. The molecule has 1 N–H and O–H groups in total. The standard InChI is InChI=1S/C14H25N3OS/c1-4-5-15-8-13-10-18-7-6-17(13)9-14-16-11(2)12(3)19-14/h13,15H,4-10H2,1-3H3. The van der Waals surface area contributed by atoms with Crippen LogP contribution in [0.3, 0.4) is 0 Å². The summed E-state index contributed by atoms with van der Waals surface area (Å²) in [6, 6.07) is 0.477. The molecule has 1 fully saturated rings. The maximum absolute atomic E-state index is 5.61. The number of morpholine rings is 1. The van der Waals surface area contributed by atoms with Crippen LogP contribution in [0.5, 0.6) is 0 Å². The molecule has 1 saturated heterocycles. The first kappa shape index (κ1) is 14.9. The summed E-state index contributed by atoms with van der Waals surface area (Å²) in [7, 11) is 0. The smallest absolute Gasteiger partial charge is 0.107 e. The van der Waals surface area contributed by atoms with Gasteiger partial charge in [-0.05, 0) is 26.8 Å². The highest BCUT2D eigenvalue weighted by Gasteiger charge is 2.23. The lowest BCUT2D eigenvalue weighted by molar-refractivity contribution is -0.0109. The van der Waals surface area contributed by atoms with Gasteiger partial charge in [-0.1, -0.05) is 6.92 Å². The predicted molar refractivity (Wildman–Crippen MR) is 79.8 cm³/mol. The highest BCUT2D eigenvalue weighted by atomic mass is 32.1. The zero-order valence-corrected chi connectivity index (χ0v) is 13.1. The molecule has 1 atom stereocenters. The van der Waals surface area contributed by atoms with Crippen LogP contribution in [0.1, 0.15) is 28.9 Å². The fraction of sp³-hybridized carbons (Fsp3) is 0.786. The molecular weight excluding hydrogens is 258 g/mol. The number of nitrogens with one attached hydrogen (secondary N) is 1.